The van der Waals surface area contributed by atoms with E-state index >= 15 is 0 Å². The van der Waals surface area contributed by atoms with Gasteiger partial charge in [-0.25, -0.2) is 0 Å². The molecule has 0 radical (unpaired) electrons. The van der Waals surface area contributed by atoms with E-state index in [1.807, 2.05) is 32.0 Å². The maximum absolute atomic E-state index is 11.9. The average Bonchev–Trinajstić information content (AvgIpc) is 3.15. The zero-order valence-electron chi connectivity index (χ0n) is 13.3. The second-order valence-electron chi connectivity index (χ2n) is 5.73. The van der Waals surface area contributed by atoms with E-state index in [0.717, 1.165) is 44.1 Å². The van der Waals surface area contributed by atoms with Gasteiger partial charge in [-0.15, -0.1) is 16.4 Å². The van der Waals surface area contributed by atoms with Gasteiger partial charge < -0.3 is 15.2 Å². The first-order chi connectivity index (χ1) is 11.5. The van der Waals surface area contributed by atoms with Crippen molar-refractivity contribution in [3.05, 3.63) is 45.5 Å². The monoisotopic (exact) mass is 341 g/mol. The number of thiophene rings is 1. The van der Waals surface area contributed by atoms with Crippen molar-refractivity contribution in [2.24, 2.45) is 5.73 Å². The SMILES string of the molecule is Cc1nnc2sc(C(N)=O)c(Cc3ccc4c(c3)OCO4)c2c1C. The van der Waals surface area contributed by atoms with Gasteiger partial charge in [-0.3, -0.25) is 4.79 Å². The highest BCUT2D eigenvalue weighted by Gasteiger charge is 2.21. The molecule has 0 fully saturated rings. The van der Waals surface area contributed by atoms with Crippen LogP contribution in [0, 0.1) is 13.8 Å². The molecule has 4 rings (SSSR count). The fourth-order valence-electron chi connectivity index (χ4n) is 2.91. The van der Waals surface area contributed by atoms with Crippen molar-refractivity contribution >= 4 is 27.5 Å². The minimum atomic E-state index is -0.439. The summed E-state index contributed by atoms with van der Waals surface area (Å²) in [6.45, 7) is 4.14. The predicted octanol–water partition coefficient (Wildman–Crippen LogP) is 2.73. The number of amides is 1. The van der Waals surface area contributed by atoms with Crippen molar-refractivity contribution in [1.29, 1.82) is 0 Å². The number of nitrogens with two attached hydrogens (primary N) is 1. The van der Waals surface area contributed by atoms with Gasteiger partial charge in [0.2, 0.25) is 6.79 Å². The Hall–Kier alpha value is -2.67. The largest absolute Gasteiger partial charge is 0.454 e. The zero-order valence-corrected chi connectivity index (χ0v) is 14.1. The summed E-state index contributed by atoms with van der Waals surface area (Å²) in [5.41, 5.74) is 9.39. The molecule has 0 saturated heterocycles. The Morgan fingerprint density at radius 1 is 1.25 bits per heavy atom. The molecule has 2 N–H and O–H groups in total. The van der Waals surface area contributed by atoms with Crippen LogP contribution >= 0.6 is 11.3 Å². The summed E-state index contributed by atoms with van der Waals surface area (Å²) in [6, 6.07) is 5.79. The zero-order chi connectivity index (χ0) is 16.8. The summed E-state index contributed by atoms with van der Waals surface area (Å²) in [4.78, 5) is 13.2. The fourth-order valence-corrected chi connectivity index (χ4v) is 3.96. The van der Waals surface area contributed by atoms with Crippen molar-refractivity contribution < 1.29 is 14.3 Å². The van der Waals surface area contributed by atoms with Gasteiger partial charge >= 0.3 is 0 Å². The van der Waals surface area contributed by atoms with E-state index in [4.69, 9.17) is 15.2 Å². The minimum absolute atomic E-state index is 0.237. The molecule has 0 saturated carbocycles. The van der Waals surface area contributed by atoms with Crippen LogP contribution in [0.4, 0.5) is 0 Å². The van der Waals surface area contributed by atoms with Crippen LogP contribution < -0.4 is 15.2 Å². The molecule has 1 aliphatic rings. The summed E-state index contributed by atoms with van der Waals surface area (Å²) >= 11 is 1.30. The fraction of sp³-hybridized carbons (Fsp3) is 0.235. The predicted molar refractivity (Wildman–Crippen MR) is 90.8 cm³/mol. The van der Waals surface area contributed by atoms with Crippen LogP contribution in [0.3, 0.4) is 0 Å². The van der Waals surface area contributed by atoms with Crippen molar-refractivity contribution in [3.63, 3.8) is 0 Å². The molecular weight excluding hydrogens is 326 g/mol. The van der Waals surface area contributed by atoms with Crippen molar-refractivity contribution in [2.75, 3.05) is 6.79 Å². The number of primary amides is 1. The molecule has 1 aromatic carbocycles. The Labute approximate surface area is 142 Å². The highest BCUT2D eigenvalue weighted by molar-refractivity contribution is 7.20. The first-order valence-electron chi connectivity index (χ1n) is 7.48. The Kier molecular flexibility index (Phi) is 3.38. The maximum atomic E-state index is 11.9. The minimum Gasteiger partial charge on any atom is -0.454 e. The second-order valence-corrected chi connectivity index (χ2v) is 6.73. The number of benzene rings is 1. The molecule has 6 nitrogen and oxygen atoms in total. The van der Waals surface area contributed by atoms with E-state index in [1.165, 1.54) is 11.3 Å². The molecule has 0 atom stereocenters. The van der Waals surface area contributed by atoms with Gasteiger partial charge in [-0.1, -0.05) is 6.07 Å². The molecule has 0 unspecified atom stereocenters. The molecule has 2 aromatic heterocycles. The van der Waals surface area contributed by atoms with Crippen molar-refractivity contribution in [1.82, 2.24) is 10.2 Å². The van der Waals surface area contributed by atoms with Gasteiger partial charge in [-0.05, 0) is 49.1 Å². The number of nitrogens with zero attached hydrogens (tertiary/aromatic N) is 2. The third-order valence-corrected chi connectivity index (χ3v) is 5.37. The van der Waals surface area contributed by atoms with Crippen LogP contribution in [0.1, 0.15) is 32.1 Å². The summed E-state index contributed by atoms with van der Waals surface area (Å²) < 4.78 is 10.8. The van der Waals surface area contributed by atoms with Crippen LogP contribution in [-0.2, 0) is 6.42 Å². The number of carbonyl (C=O) groups is 1. The van der Waals surface area contributed by atoms with Gasteiger partial charge in [0.05, 0.1) is 10.6 Å². The average molecular weight is 341 g/mol. The quantitative estimate of drug-likeness (QED) is 0.791. The normalized spacial score (nSPS) is 12.8. The summed E-state index contributed by atoms with van der Waals surface area (Å²) in [7, 11) is 0. The van der Waals surface area contributed by atoms with E-state index in [2.05, 4.69) is 10.2 Å². The van der Waals surface area contributed by atoms with Crippen molar-refractivity contribution in [3.8, 4) is 11.5 Å². The highest BCUT2D eigenvalue weighted by Crippen LogP contribution is 2.37. The number of hydrogen-bond donors (Lipinski definition) is 1. The van der Waals surface area contributed by atoms with Crippen LogP contribution in [-0.4, -0.2) is 22.9 Å². The third-order valence-electron chi connectivity index (χ3n) is 4.24. The molecule has 0 aliphatic carbocycles. The third kappa shape index (κ3) is 2.28. The molecule has 0 spiro atoms. The van der Waals surface area contributed by atoms with Gasteiger partial charge in [0.25, 0.3) is 5.91 Å². The van der Waals surface area contributed by atoms with E-state index in [1.54, 1.807) is 0 Å². The number of rotatable bonds is 3. The molecule has 122 valence electrons. The smallest absolute Gasteiger partial charge is 0.259 e. The standard InChI is InChI=1S/C17H15N3O3S/c1-8-9(2)19-20-17-14(8)11(15(24-17)16(18)21)5-10-3-4-12-13(6-10)23-7-22-12/h3-4,6H,5,7H2,1-2H3,(H2,18,21). The van der Waals surface area contributed by atoms with Gasteiger partial charge in [0.1, 0.15) is 4.83 Å². The van der Waals surface area contributed by atoms with Crippen LogP contribution in [0.25, 0.3) is 10.2 Å². The molecule has 1 amide bonds. The van der Waals surface area contributed by atoms with E-state index in [-0.39, 0.29) is 6.79 Å². The Morgan fingerprint density at radius 3 is 2.83 bits per heavy atom. The lowest BCUT2D eigenvalue weighted by atomic mass is 9.99. The number of fused-ring (bicyclic) bond motifs is 2. The van der Waals surface area contributed by atoms with Gasteiger partial charge in [0, 0.05) is 5.39 Å². The Bertz CT molecular complexity index is 981. The first-order valence-corrected chi connectivity index (χ1v) is 8.30. The number of aryl methyl sites for hydroxylation is 2. The molecule has 3 heterocycles. The lowest BCUT2D eigenvalue weighted by Gasteiger charge is -2.07. The molecule has 3 aromatic rings. The number of hydrogen-bond acceptors (Lipinski definition) is 6. The van der Waals surface area contributed by atoms with Crippen LogP contribution in [0.15, 0.2) is 18.2 Å². The van der Waals surface area contributed by atoms with Crippen molar-refractivity contribution in [2.45, 2.75) is 20.3 Å². The van der Waals surface area contributed by atoms with E-state index in [0.29, 0.717) is 11.3 Å². The lowest BCUT2D eigenvalue weighted by molar-refractivity contribution is 0.100. The number of carbonyl (C=O) groups excluding carboxylic acids is 1. The summed E-state index contributed by atoms with van der Waals surface area (Å²) in [5, 5.41) is 9.34. The molecule has 0 bridgehead atoms. The second kappa shape index (κ2) is 5.45. The Morgan fingerprint density at radius 2 is 2.04 bits per heavy atom. The maximum Gasteiger partial charge on any atom is 0.259 e. The van der Waals surface area contributed by atoms with Gasteiger partial charge in [0.15, 0.2) is 11.5 Å². The molecular formula is C17H15N3O3S. The molecule has 24 heavy (non-hydrogen) atoms. The van der Waals surface area contributed by atoms with Crippen LogP contribution in [0.5, 0.6) is 11.5 Å². The number of ether oxygens (including phenoxy) is 2. The topological polar surface area (TPSA) is 87.3 Å². The summed E-state index contributed by atoms with van der Waals surface area (Å²) in [6.07, 6.45) is 0.570. The summed E-state index contributed by atoms with van der Waals surface area (Å²) in [5.74, 6) is 1.02. The molecule has 7 heteroatoms. The first kappa shape index (κ1) is 14.9. The van der Waals surface area contributed by atoms with E-state index < -0.39 is 5.91 Å². The van der Waals surface area contributed by atoms with E-state index in [9.17, 15) is 4.79 Å². The van der Waals surface area contributed by atoms with Crippen LogP contribution in [0.2, 0.25) is 0 Å². The lowest BCUT2D eigenvalue weighted by Crippen LogP contribution is -2.11. The highest BCUT2D eigenvalue weighted by atomic mass is 32.1. The number of aromatic nitrogens is 2. The molecule has 1 aliphatic heterocycles. The Balaban J connectivity index is 1.87. The van der Waals surface area contributed by atoms with Gasteiger partial charge in [-0.2, -0.15) is 5.10 Å².